The van der Waals surface area contributed by atoms with E-state index in [0.29, 0.717) is 32.7 Å². The molecule has 5 heteroatoms. The number of carbonyl (C=O) groups is 1. The predicted molar refractivity (Wildman–Crippen MR) is 68.7 cm³/mol. The van der Waals surface area contributed by atoms with Crippen LogP contribution in [0, 0.1) is 0 Å². The molecular formula is C14H18O5. The average Bonchev–Trinajstić information content (AvgIpc) is 2.41. The molecule has 0 aliphatic carbocycles. The van der Waals surface area contributed by atoms with Crippen molar-refractivity contribution in [3.63, 3.8) is 0 Å². The van der Waals surface area contributed by atoms with Gasteiger partial charge in [-0.15, -0.1) is 0 Å². The fraction of sp³-hybridized carbons (Fsp3) is 0.500. The molecular weight excluding hydrogens is 248 g/mol. The lowest BCUT2D eigenvalue weighted by Gasteiger charge is -2.23. The van der Waals surface area contributed by atoms with Crippen molar-refractivity contribution in [1.29, 1.82) is 0 Å². The molecule has 104 valence electrons. The van der Waals surface area contributed by atoms with E-state index in [9.17, 15) is 4.79 Å². The van der Waals surface area contributed by atoms with Gasteiger partial charge in [0.1, 0.15) is 13.2 Å². The molecule has 0 saturated heterocycles. The molecule has 1 aliphatic rings. The summed E-state index contributed by atoms with van der Waals surface area (Å²) < 4.78 is 16.5. The van der Waals surface area contributed by atoms with Crippen molar-refractivity contribution < 1.29 is 24.1 Å². The van der Waals surface area contributed by atoms with Gasteiger partial charge in [-0.25, -0.2) is 0 Å². The largest absolute Gasteiger partial charge is 0.486 e. The SMILES string of the molecule is COCc1ccc(CCCC(=O)O)c2c1OCCO2. The van der Waals surface area contributed by atoms with Crippen LogP contribution in [0.1, 0.15) is 24.0 Å². The van der Waals surface area contributed by atoms with E-state index in [1.807, 2.05) is 12.1 Å². The molecule has 0 unspecified atom stereocenters. The summed E-state index contributed by atoms with van der Waals surface area (Å²) in [5.74, 6) is 0.703. The Bertz CT molecular complexity index is 455. The Morgan fingerprint density at radius 3 is 2.53 bits per heavy atom. The van der Waals surface area contributed by atoms with Gasteiger partial charge in [0.15, 0.2) is 11.5 Å². The first-order valence-electron chi connectivity index (χ1n) is 6.33. The van der Waals surface area contributed by atoms with Gasteiger partial charge in [0.25, 0.3) is 0 Å². The lowest BCUT2D eigenvalue weighted by atomic mass is 10.0. The monoisotopic (exact) mass is 266 g/mol. The molecule has 1 aromatic carbocycles. The van der Waals surface area contributed by atoms with Crippen molar-refractivity contribution in [3.05, 3.63) is 23.3 Å². The smallest absolute Gasteiger partial charge is 0.303 e. The van der Waals surface area contributed by atoms with Crippen LogP contribution in [0.25, 0.3) is 0 Å². The Balaban J connectivity index is 2.17. The fourth-order valence-electron chi connectivity index (χ4n) is 2.14. The van der Waals surface area contributed by atoms with E-state index in [4.69, 9.17) is 19.3 Å². The standard InChI is InChI=1S/C14H18O5/c1-17-9-11-6-5-10(3-2-4-12(15)16)13-14(11)19-8-7-18-13/h5-6H,2-4,7-9H2,1H3,(H,15,16). The number of hydrogen-bond acceptors (Lipinski definition) is 4. The van der Waals surface area contributed by atoms with Crippen LogP contribution in [0.4, 0.5) is 0 Å². The molecule has 0 spiro atoms. The summed E-state index contributed by atoms with van der Waals surface area (Å²) in [6, 6.07) is 3.91. The highest BCUT2D eigenvalue weighted by molar-refractivity contribution is 5.66. The van der Waals surface area contributed by atoms with Crippen molar-refractivity contribution in [1.82, 2.24) is 0 Å². The van der Waals surface area contributed by atoms with E-state index < -0.39 is 5.97 Å². The van der Waals surface area contributed by atoms with Gasteiger partial charge < -0.3 is 19.3 Å². The zero-order chi connectivity index (χ0) is 13.7. The maximum Gasteiger partial charge on any atom is 0.303 e. The number of aryl methyl sites for hydroxylation is 1. The summed E-state index contributed by atoms with van der Waals surface area (Å²) in [4.78, 5) is 10.5. The first-order valence-corrected chi connectivity index (χ1v) is 6.33. The van der Waals surface area contributed by atoms with Crippen molar-refractivity contribution >= 4 is 5.97 Å². The van der Waals surface area contributed by atoms with Crippen LogP contribution in [0.2, 0.25) is 0 Å². The zero-order valence-corrected chi connectivity index (χ0v) is 11.0. The Morgan fingerprint density at radius 2 is 1.89 bits per heavy atom. The number of aliphatic carboxylic acids is 1. The molecule has 0 fully saturated rings. The highest BCUT2D eigenvalue weighted by Gasteiger charge is 2.19. The normalized spacial score (nSPS) is 13.3. The second kappa shape index (κ2) is 6.43. The minimum Gasteiger partial charge on any atom is -0.486 e. The van der Waals surface area contributed by atoms with E-state index in [2.05, 4.69) is 0 Å². The van der Waals surface area contributed by atoms with Crippen LogP contribution in [0.15, 0.2) is 12.1 Å². The van der Waals surface area contributed by atoms with Gasteiger partial charge in [-0.05, 0) is 18.4 Å². The quantitative estimate of drug-likeness (QED) is 0.853. The van der Waals surface area contributed by atoms with E-state index in [0.717, 1.165) is 22.6 Å². The molecule has 0 aromatic heterocycles. The molecule has 2 rings (SSSR count). The third-order valence-corrected chi connectivity index (χ3v) is 2.99. The molecule has 0 bridgehead atoms. The maximum absolute atomic E-state index is 10.5. The first kappa shape index (κ1) is 13.7. The number of fused-ring (bicyclic) bond motifs is 1. The van der Waals surface area contributed by atoms with Crippen LogP contribution < -0.4 is 9.47 Å². The van der Waals surface area contributed by atoms with Crippen molar-refractivity contribution in [3.8, 4) is 11.5 Å². The van der Waals surface area contributed by atoms with Crippen LogP contribution in [-0.2, 0) is 22.6 Å². The number of carboxylic acid groups (broad SMARTS) is 1. The molecule has 0 amide bonds. The van der Waals surface area contributed by atoms with Gasteiger partial charge >= 0.3 is 5.97 Å². The predicted octanol–water partition coefficient (Wildman–Crippen LogP) is 2.01. The number of benzene rings is 1. The van der Waals surface area contributed by atoms with Gasteiger partial charge in [0, 0.05) is 19.1 Å². The highest BCUT2D eigenvalue weighted by atomic mass is 16.6. The summed E-state index contributed by atoms with van der Waals surface area (Å²) in [7, 11) is 1.64. The lowest BCUT2D eigenvalue weighted by Crippen LogP contribution is -2.18. The molecule has 5 nitrogen and oxygen atoms in total. The number of methoxy groups -OCH3 is 1. The third kappa shape index (κ3) is 3.38. The maximum atomic E-state index is 10.5. The molecule has 19 heavy (non-hydrogen) atoms. The minimum absolute atomic E-state index is 0.162. The third-order valence-electron chi connectivity index (χ3n) is 2.99. The Kier molecular flexibility index (Phi) is 4.63. The van der Waals surface area contributed by atoms with Gasteiger partial charge in [-0.2, -0.15) is 0 Å². The molecule has 0 radical (unpaired) electrons. The number of hydrogen-bond donors (Lipinski definition) is 1. The van der Waals surface area contributed by atoms with Gasteiger partial charge in [0.05, 0.1) is 6.61 Å². The van der Waals surface area contributed by atoms with Crippen LogP contribution in [-0.4, -0.2) is 31.4 Å². The van der Waals surface area contributed by atoms with E-state index in [1.54, 1.807) is 7.11 Å². The molecule has 0 saturated carbocycles. The van der Waals surface area contributed by atoms with Gasteiger partial charge in [-0.3, -0.25) is 4.79 Å². The number of ether oxygens (including phenoxy) is 3. The zero-order valence-electron chi connectivity index (χ0n) is 11.0. The molecule has 1 aliphatic heterocycles. The number of rotatable bonds is 6. The van der Waals surface area contributed by atoms with Crippen LogP contribution >= 0.6 is 0 Å². The summed E-state index contributed by atoms with van der Waals surface area (Å²) in [6.45, 7) is 1.53. The molecule has 1 N–H and O–H groups in total. The van der Waals surface area contributed by atoms with E-state index >= 15 is 0 Å². The molecule has 1 aromatic rings. The van der Waals surface area contributed by atoms with Crippen molar-refractivity contribution in [2.75, 3.05) is 20.3 Å². The number of carboxylic acids is 1. The van der Waals surface area contributed by atoms with Crippen LogP contribution in [0.5, 0.6) is 11.5 Å². The first-order chi connectivity index (χ1) is 9.22. The Morgan fingerprint density at radius 1 is 1.26 bits per heavy atom. The summed E-state index contributed by atoms with van der Waals surface area (Å²) in [5, 5.41) is 8.67. The summed E-state index contributed by atoms with van der Waals surface area (Å²) in [6.07, 6.45) is 1.43. The summed E-state index contributed by atoms with van der Waals surface area (Å²) >= 11 is 0. The fourth-order valence-corrected chi connectivity index (χ4v) is 2.14. The van der Waals surface area contributed by atoms with E-state index in [1.165, 1.54) is 0 Å². The van der Waals surface area contributed by atoms with Crippen LogP contribution in [0.3, 0.4) is 0 Å². The van der Waals surface area contributed by atoms with E-state index in [-0.39, 0.29) is 6.42 Å². The van der Waals surface area contributed by atoms with Gasteiger partial charge in [-0.1, -0.05) is 12.1 Å². The average molecular weight is 266 g/mol. The van der Waals surface area contributed by atoms with Gasteiger partial charge in [0.2, 0.25) is 0 Å². The molecule has 1 heterocycles. The second-order valence-corrected chi connectivity index (χ2v) is 4.42. The Hall–Kier alpha value is -1.75. The van der Waals surface area contributed by atoms with Crippen molar-refractivity contribution in [2.24, 2.45) is 0 Å². The highest BCUT2D eigenvalue weighted by Crippen LogP contribution is 2.38. The lowest BCUT2D eigenvalue weighted by molar-refractivity contribution is -0.137. The Labute approximate surface area is 112 Å². The minimum atomic E-state index is -0.776. The van der Waals surface area contributed by atoms with Crippen molar-refractivity contribution in [2.45, 2.75) is 25.9 Å². The topological polar surface area (TPSA) is 65.0 Å². The molecule has 0 atom stereocenters. The summed E-state index contributed by atoms with van der Waals surface area (Å²) in [5.41, 5.74) is 1.95. The second-order valence-electron chi connectivity index (χ2n) is 4.42.